The molecule has 2 atom stereocenters. The Morgan fingerprint density at radius 3 is 2.90 bits per heavy atom. The van der Waals surface area contributed by atoms with E-state index in [1.54, 1.807) is 0 Å². The van der Waals surface area contributed by atoms with Gasteiger partial charge in [-0.05, 0) is 61.8 Å². The highest BCUT2D eigenvalue weighted by Crippen LogP contribution is 2.36. The average molecular weight is 278 g/mol. The van der Waals surface area contributed by atoms with Crippen molar-refractivity contribution < 1.29 is 0 Å². The molecule has 1 aliphatic heterocycles. The molecule has 1 aliphatic carbocycles. The lowest BCUT2D eigenvalue weighted by Gasteiger charge is -2.32. The van der Waals surface area contributed by atoms with Crippen LogP contribution in [0, 0.1) is 0 Å². The highest BCUT2D eigenvalue weighted by Gasteiger charge is 2.26. The van der Waals surface area contributed by atoms with Crippen LogP contribution >= 0.6 is 0 Å². The van der Waals surface area contributed by atoms with Gasteiger partial charge in [-0.1, -0.05) is 24.3 Å². The molecule has 0 bridgehead atoms. The van der Waals surface area contributed by atoms with Crippen LogP contribution in [0.1, 0.15) is 48.4 Å². The van der Waals surface area contributed by atoms with E-state index in [2.05, 4.69) is 46.7 Å². The Morgan fingerprint density at radius 2 is 1.90 bits per heavy atom. The summed E-state index contributed by atoms with van der Waals surface area (Å²) >= 11 is 0. The summed E-state index contributed by atoms with van der Waals surface area (Å²) in [5.41, 5.74) is 5.65. The number of pyridine rings is 1. The van der Waals surface area contributed by atoms with E-state index in [9.17, 15) is 0 Å². The zero-order valence-electron chi connectivity index (χ0n) is 12.4. The van der Waals surface area contributed by atoms with Crippen LogP contribution in [0.4, 0.5) is 5.69 Å². The van der Waals surface area contributed by atoms with Gasteiger partial charge in [-0.2, -0.15) is 0 Å². The van der Waals surface area contributed by atoms with Gasteiger partial charge in [0.2, 0.25) is 0 Å². The number of hydrogen-bond acceptors (Lipinski definition) is 2. The number of benzene rings is 1. The third-order valence-corrected chi connectivity index (χ3v) is 5.02. The molecule has 0 spiro atoms. The Labute approximate surface area is 126 Å². The minimum absolute atomic E-state index is 0.595. The molecule has 1 aromatic heterocycles. The summed E-state index contributed by atoms with van der Waals surface area (Å²) in [6.45, 7) is 0. The van der Waals surface area contributed by atoms with E-state index >= 15 is 0 Å². The van der Waals surface area contributed by atoms with Gasteiger partial charge >= 0.3 is 0 Å². The molecule has 0 saturated heterocycles. The van der Waals surface area contributed by atoms with Crippen LogP contribution in [0.5, 0.6) is 0 Å². The number of nitrogens with one attached hydrogen (secondary N) is 1. The van der Waals surface area contributed by atoms with Crippen LogP contribution in [-0.4, -0.2) is 11.0 Å². The maximum atomic E-state index is 4.68. The summed E-state index contributed by atoms with van der Waals surface area (Å²) in [6, 6.07) is 13.7. The van der Waals surface area contributed by atoms with Crippen molar-refractivity contribution in [3.63, 3.8) is 0 Å². The van der Waals surface area contributed by atoms with Gasteiger partial charge in [-0.15, -0.1) is 0 Å². The fraction of sp³-hybridized carbons (Fsp3) is 0.421. The standard InChI is InChI=1S/C19H22N2/c1-2-9-18-14(5-1)10-11-17(21-18)13-16-7-3-6-15-8-4-12-20-19(15)16/h1-2,4-5,8-9,12,16-17,21H,3,6-7,10-11,13H2. The van der Waals surface area contributed by atoms with Crippen molar-refractivity contribution in [2.24, 2.45) is 0 Å². The van der Waals surface area contributed by atoms with E-state index in [1.165, 1.54) is 61.0 Å². The third kappa shape index (κ3) is 2.55. The van der Waals surface area contributed by atoms with Gasteiger partial charge in [0.05, 0.1) is 0 Å². The van der Waals surface area contributed by atoms with Gasteiger partial charge in [-0.3, -0.25) is 4.98 Å². The van der Waals surface area contributed by atoms with E-state index < -0.39 is 0 Å². The van der Waals surface area contributed by atoms with Crippen molar-refractivity contribution in [2.75, 3.05) is 5.32 Å². The first kappa shape index (κ1) is 12.9. The van der Waals surface area contributed by atoms with Gasteiger partial charge in [0.1, 0.15) is 0 Å². The van der Waals surface area contributed by atoms with Crippen molar-refractivity contribution in [3.05, 3.63) is 59.4 Å². The maximum Gasteiger partial charge on any atom is 0.0467 e. The molecule has 2 aromatic rings. The molecule has 0 saturated carbocycles. The first-order valence-corrected chi connectivity index (χ1v) is 8.18. The SMILES string of the molecule is c1ccc2c(c1)CCC(CC1CCCc3cccnc31)N2. The minimum Gasteiger partial charge on any atom is -0.382 e. The lowest BCUT2D eigenvalue weighted by atomic mass is 9.81. The molecule has 4 rings (SSSR count). The third-order valence-electron chi connectivity index (χ3n) is 5.02. The van der Waals surface area contributed by atoms with Gasteiger partial charge < -0.3 is 5.32 Å². The van der Waals surface area contributed by atoms with E-state index in [4.69, 9.17) is 0 Å². The number of hydrogen-bond donors (Lipinski definition) is 1. The molecule has 21 heavy (non-hydrogen) atoms. The van der Waals surface area contributed by atoms with Crippen LogP contribution in [0.25, 0.3) is 0 Å². The largest absolute Gasteiger partial charge is 0.382 e. The highest BCUT2D eigenvalue weighted by molar-refractivity contribution is 5.53. The van der Waals surface area contributed by atoms with E-state index in [0.29, 0.717) is 12.0 Å². The van der Waals surface area contributed by atoms with Crippen molar-refractivity contribution in [1.82, 2.24) is 4.98 Å². The summed E-state index contributed by atoms with van der Waals surface area (Å²) in [5, 5.41) is 3.75. The summed E-state index contributed by atoms with van der Waals surface area (Å²) in [5.74, 6) is 0.637. The van der Waals surface area contributed by atoms with Crippen LogP contribution in [0.2, 0.25) is 0 Å². The molecule has 2 heteroatoms. The van der Waals surface area contributed by atoms with Gasteiger partial charge in [0.15, 0.2) is 0 Å². The number of nitrogens with zero attached hydrogens (tertiary/aromatic N) is 1. The molecule has 0 fully saturated rings. The Balaban J connectivity index is 1.51. The lowest BCUT2D eigenvalue weighted by molar-refractivity contribution is 0.454. The predicted octanol–water partition coefficient (Wildman–Crippen LogP) is 4.32. The number of fused-ring (bicyclic) bond motifs is 2. The molecule has 2 aliphatic rings. The molecule has 0 radical (unpaired) electrons. The molecule has 2 heterocycles. The lowest BCUT2D eigenvalue weighted by Crippen LogP contribution is -2.28. The van der Waals surface area contributed by atoms with E-state index in [-0.39, 0.29) is 0 Å². The van der Waals surface area contributed by atoms with E-state index in [1.807, 2.05) is 6.20 Å². The maximum absolute atomic E-state index is 4.68. The first-order valence-electron chi connectivity index (χ1n) is 8.18. The molecular formula is C19H22N2. The van der Waals surface area contributed by atoms with Crippen LogP contribution in [0.15, 0.2) is 42.6 Å². The second-order valence-corrected chi connectivity index (χ2v) is 6.41. The van der Waals surface area contributed by atoms with E-state index in [0.717, 1.165) is 0 Å². The Kier molecular flexibility index (Phi) is 3.38. The zero-order chi connectivity index (χ0) is 14.1. The van der Waals surface area contributed by atoms with Crippen LogP contribution in [-0.2, 0) is 12.8 Å². The van der Waals surface area contributed by atoms with Crippen molar-refractivity contribution >= 4 is 5.69 Å². The van der Waals surface area contributed by atoms with Crippen LogP contribution < -0.4 is 5.32 Å². The predicted molar refractivity (Wildman–Crippen MR) is 86.7 cm³/mol. The summed E-state index contributed by atoms with van der Waals surface area (Å²) < 4.78 is 0. The van der Waals surface area contributed by atoms with Crippen LogP contribution in [0.3, 0.4) is 0 Å². The molecule has 1 N–H and O–H groups in total. The first-order chi connectivity index (χ1) is 10.4. The van der Waals surface area contributed by atoms with Crippen molar-refractivity contribution in [1.29, 1.82) is 0 Å². The number of para-hydroxylation sites is 1. The monoisotopic (exact) mass is 278 g/mol. The normalized spacial score (nSPS) is 23.8. The number of aromatic nitrogens is 1. The quantitative estimate of drug-likeness (QED) is 0.885. The number of rotatable bonds is 2. The molecule has 2 unspecified atom stereocenters. The fourth-order valence-electron chi connectivity index (χ4n) is 3.96. The molecular weight excluding hydrogens is 256 g/mol. The molecule has 1 aromatic carbocycles. The Morgan fingerprint density at radius 1 is 1.00 bits per heavy atom. The van der Waals surface area contributed by atoms with Gasteiger partial charge in [-0.25, -0.2) is 0 Å². The second kappa shape index (κ2) is 5.51. The summed E-state index contributed by atoms with van der Waals surface area (Å²) in [6.07, 6.45) is 9.45. The average Bonchev–Trinajstić information content (AvgIpc) is 2.55. The van der Waals surface area contributed by atoms with Gasteiger partial charge in [0, 0.05) is 29.5 Å². The summed E-state index contributed by atoms with van der Waals surface area (Å²) in [4.78, 5) is 4.68. The Bertz CT molecular complexity index is 635. The fourth-order valence-corrected chi connectivity index (χ4v) is 3.96. The molecule has 2 nitrogen and oxygen atoms in total. The zero-order valence-corrected chi connectivity index (χ0v) is 12.4. The van der Waals surface area contributed by atoms with Gasteiger partial charge in [0.25, 0.3) is 0 Å². The second-order valence-electron chi connectivity index (χ2n) is 6.41. The van der Waals surface area contributed by atoms with Crippen molar-refractivity contribution in [2.45, 2.75) is 50.5 Å². The Hall–Kier alpha value is -1.83. The van der Waals surface area contributed by atoms with Crippen molar-refractivity contribution in [3.8, 4) is 0 Å². The summed E-state index contributed by atoms with van der Waals surface area (Å²) in [7, 11) is 0. The number of aryl methyl sites for hydroxylation is 2. The highest BCUT2D eigenvalue weighted by atomic mass is 14.9. The topological polar surface area (TPSA) is 24.9 Å². The molecule has 108 valence electrons. The minimum atomic E-state index is 0.595. The smallest absolute Gasteiger partial charge is 0.0467 e. The molecule has 0 amide bonds. The number of anilines is 1.